The number of fused-ring (bicyclic) bond motifs is 1. The lowest BCUT2D eigenvalue weighted by molar-refractivity contribution is -0.131. The number of benzene rings is 1. The zero-order chi connectivity index (χ0) is 18.5. The van der Waals surface area contributed by atoms with Gasteiger partial charge in [-0.05, 0) is 24.3 Å². The minimum absolute atomic E-state index is 0.172. The molecule has 3 aromatic rings. The lowest BCUT2D eigenvalue weighted by Gasteiger charge is -2.14. The van der Waals surface area contributed by atoms with E-state index in [-0.39, 0.29) is 11.5 Å². The molecule has 3 rings (SSSR count). The lowest BCUT2D eigenvalue weighted by atomic mass is 10.1. The number of nitrogens with one attached hydrogen (secondary N) is 1. The van der Waals surface area contributed by atoms with Crippen LogP contribution in [0.15, 0.2) is 53.2 Å². The Bertz CT molecular complexity index is 920. The van der Waals surface area contributed by atoms with E-state index in [9.17, 15) is 9.59 Å². The average Bonchev–Trinajstić information content (AvgIpc) is 3.05. The Morgan fingerprint density at radius 1 is 1.31 bits per heavy atom. The Morgan fingerprint density at radius 3 is 2.85 bits per heavy atom. The van der Waals surface area contributed by atoms with Crippen molar-refractivity contribution in [3.8, 4) is 0 Å². The SMILES string of the molecule is COC(C(=O)NCCc1cc2ccc(C(=O)O)cc2o1)c1cccnc1. The Balaban J connectivity index is 1.61. The summed E-state index contributed by atoms with van der Waals surface area (Å²) in [6, 6.07) is 10.1. The lowest BCUT2D eigenvalue weighted by Crippen LogP contribution is -2.31. The maximum Gasteiger partial charge on any atom is 0.335 e. The highest BCUT2D eigenvalue weighted by molar-refractivity contribution is 5.92. The fourth-order valence-electron chi connectivity index (χ4n) is 2.67. The predicted molar refractivity (Wildman–Crippen MR) is 93.9 cm³/mol. The molecule has 2 heterocycles. The molecule has 0 radical (unpaired) electrons. The van der Waals surface area contributed by atoms with Crippen LogP contribution in [-0.4, -0.2) is 35.6 Å². The first kappa shape index (κ1) is 17.6. The highest BCUT2D eigenvalue weighted by Crippen LogP contribution is 2.21. The van der Waals surface area contributed by atoms with Gasteiger partial charge in [-0.3, -0.25) is 9.78 Å². The Labute approximate surface area is 149 Å². The number of hydrogen-bond acceptors (Lipinski definition) is 5. The Hall–Kier alpha value is -3.19. The van der Waals surface area contributed by atoms with Crippen LogP contribution in [0.5, 0.6) is 0 Å². The van der Waals surface area contributed by atoms with Crippen LogP contribution in [0.25, 0.3) is 11.0 Å². The van der Waals surface area contributed by atoms with Crippen LogP contribution in [0.4, 0.5) is 0 Å². The van der Waals surface area contributed by atoms with Gasteiger partial charge in [0.1, 0.15) is 11.3 Å². The third-order valence-corrected chi connectivity index (χ3v) is 3.95. The van der Waals surface area contributed by atoms with E-state index in [2.05, 4.69) is 10.3 Å². The molecule has 0 spiro atoms. The van der Waals surface area contributed by atoms with Crippen LogP contribution in [-0.2, 0) is 16.0 Å². The molecule has 0 fully saturated rings. The van der Waals surface area contributed by atoms with Gasteiger partial charge in [0.2, 0.25) is 0 Å². The summed E-state index contributed by atoms with van der Waals surface area (Å²) in [6.07, 6.45) is 2.97. The maximum absolute atomic E-state index is 12.3. The summed E-state index contributed by atoms with van der Waals surface area (Å²) < 4.78 is 10.9. The number of carboxylic acids is 1. The number of methoxy groups -OCH3 is 1. The van der Waals surface area contributed by atoms with Crippen molar-refractivity contribution in [2.24, 2.45) is 0 Å². The van der Waals surface area contributed by atoms with Crippen molar-refractivity contribution in [2.75, 3.05) is 13.7 Å². The normalized spacial score (nSPS) is 12.0. The summed E-state index contributed by atoms with van der Waals surface area (Å²) >= 11 is 0. The van der Waals surface area contributed by atoms with Gasteiger partial charge in [0.05, 0.1) is 5.56 Å². The molecule has 1 atom stereocenters. The van der Waals surface area contributed by atoms with E-state index in [4.69, 9.17) is 14.3 Å². The number of rotatable bonds is 7. The van der Waals surface area contributed by atoms with Crippen molar-refractivity contribution in [1.82, 2.24) is 10.3 Å². The minimum Gasteiger partial charge on any atom is -0.478 e. The number of aromatic carboxylic acids is 1. The number of aromatic nitrogens is 1. The van der Waals surface area contributed by atoms with Gasteiger partial charge in [-0.25, -0.2) is 4.79 Å². The van der Waals surface area contributed by atoms with Crippen molar-refractivity contribution in [3.05, 3.63) is 65.7 Å². The molecule has 2 aromatic heterocycles. The van der Waals surface area contributed by atoms with Gasteiger partial charge in [0.15, 0.2) is 6.10 Å². The Morgan fingerprint density at radius 2 is 2.15 bits per heavy atom. The van der Waals surface area contributed by atoms with Gasteiger partial charge in [-0.2, -0.15) is 0 Å². The molecule has 1 unspecified atom stereocenters. The first-order valence-corrected chi connectivity index (χ1v) is 8.04. The van der Waals surface area contributed by atoms with Crippen molar-refractivity contribution in [1.29, 1.82) is 0 Å². The van der Waals surface area contributed by atoms with Gasteiger partial charge in [-0.15, -0.1) is 0 Å². The van der Waals surface area contributed by atoms with E-state index in [1.807, 2.05) is 6.07 Å². The number of ether oxygens (including phenoxy) is 1. The molecule has 1 aromatic carbocycles. The van der Waals surface area contributed by atoms with Crippen molar-refractivity contribution >= 4 is 22.8 Å². The van der Waals surface area contributed by atoms with Gasteiger partial charge in [-0.1, -0.05) is 12.1 Å². The number of carbonyl (C=O) groups excluding carboxylic acids is 1. The van der Waals surface area contributed by atoms with E-state index in [0.29, 0.717) is 29.9 Å². The number of nitrogens with zero attached hydrogens (tertiary/aromatic N) is 1. The summed E-state index contributed by atoms with van der Waals surface area (Å²) in [4.78, 5) is 27.3. The van der Waals surface area contributed by atoms with Crippen LogP contribution < -0.4 is 5.32 Å². The van der Waals surface area contributed by atoms with Crippen LogP contribution >= 0.6 is 0 Å². The topological polar surface area (TPSA) is 102 Å². The molecule has 0 aliphatic rings. The molecular weight excluding hydrogens is 336 g/mol. The fourth-order valence-corrected chi connectivity index (χ4v) is 2.67. The second kappa shape index (κ2) is 7.79. The molecule has 7 heteroatoms. The number of carboxylic acid groups (broad SMARTS) is 1. The zero-order valence-corrected chi connectivity index (χ0v) is 14.1. The second-order valence-electron chi connectivity index (χ2n) is 5.71. The van der Waals surface area contributed by atoms with E-state index in [0.717, 1.165) is 5.39 Å². The molecule has 0 aliphatic heterocycles. The molecule has 7 nitrogen and oxygen atoms in total. The molecular formula is C19H18N2O5. The summed E-state index contributed by atoms with van der Waals surface area (Å²) in [7, 11) is 1.47. The second-order valence-corrected chi connectivity index (χ2v) is 5.71. The van der Waals surface area contributed by atoms with Gasteiger partial charge < -0.3 is 19.6 Å². The summed E-state index contributed by atoms with van der Waals surface area (Å²) in [5.74, 6) is -0.596. The van der Waals surface area contributed by atoms with Crippen molar-refractivity contribution in [3.63, 3.8) is 0 Å². The standard InChI is InChI=1S/C19H18N2O5/c1-25-17(14-3-2-7-20-11-14)18(22)21-8-6-15-9-12-4-5-13(19(23)24)10-16(12)26-15/h2-5,7,9-11,17H,6,8H2,1H3,(H,21,22)(H,23,24). The Kier molecular flexibility index (Phi) is 5.28. The third kappa shape index (κ3) is 3.89. The van der Waals surface area contributed by atoms with E-state index < -0.39 is 12.1 Å². The highest BCUT2D eigenvalue weighted by atomic mass is 16.5. The predicted octanol–water partition coefficient (Wildman–Crippen LogP) is 2.57. The van der Waals surface area contributed by atoms with Crippen molar-refractivity contribution in [2.45, 2.75) is 12.5 Å². The molecule has 0 saturated heterocycles. The fraction of sp³-hybridized carbons (Fsp3) is 0.211. The van der Waals surface area contributed by atoms with E-state index in [1.165, 1.54) is 19.2 Å². The quantitative estimate of drug-likeness (QED) is 0.676. The maximum atomic E-state index is 12.3. The van der Waals surface area contributed by atoms with E-state index in [1.54, 1.807) is 30.6 Å². The van der Waals surface area contributed by atoms with Gasteiger partial charge >= 0.3 is 5.97 Å². The van der Waals surface area contributed by atoms with Crippen molar-refractivity contribution < 1.29 is 23.8 Å². The molecule has 0 saturated carbocycles. The van der Waals surface area contributed by atoms with Crippen LogP contribution in [0, 0.1) is 0 Å². The molecule has 1 amide bonds. The highest BCUT2D eigenvalue weighted by Gasteiger charge is 2.19. The van der Waals surface area contributed by atoms with E-state index >= 15 is 0 Å². The monoisotopic (exact) mass is 354 g/mol. The average molecular weight is 354 g/mol. The van der Waals surface area contributed by atoms with Crippen LogP contribution in [0.3, 0.4) is 0 Å². The van der Waals surface area contributed by atoms with Gasteiger partial charge in [0, 0.05) is 43.4 Å². The smallest absolute Gasteiger partial charge is 0.335 e. The number of amides is 1. The summed E-state index contributed by atoms with van der Waals surface area (Å²) in [6.45, 7) is 0.366. The molecule has 26 heavy (non-hydrogen) atoms. The van der Waals surface area contributed by atoms with Crippen LogP contribution in [0.2, 0.25) is 0 Å². The number of carbonyl (C=O) groups is 2. The van der Waals surface area contributed by atoms with Crippen LogP contribution in [0.1, 0.15) is 27.8 Å². The number of pyridine rings is 1. The molecule has 134 valence electrons. The first-order chi connectivity index (χ1) is 12.6. The summed E-state index contributed by atoms with van der Waals surface area (Å²) in [5, 5.41) is 12.6. The number of hydrogen-bond donors (Lipinski definition) is 2. The zero-order valence-electron chi connectivity index (χ0n) is 14.1. The third-order valence-electron chi connectivity index (χ3n) is 3.95. The largest absolute Gasteiger partial charge is 0.478 e. The number of furan rings is 1. The first-order valence-electron chi connectivity index (χ1n) is 8.04. The minimum atomic E-state index is -1.00. The van der Waals surface area contributed by atoms with Gasteiger partial charge in [0.25, 0.3) is 5.91 Å². The summed E-state index contributed by atoms with van der Waals surface area (Å²) in [5.41, 5.74) is 1.36. The molecule has 0 aliphatic carbocycles. The molecule has 2 N–H and O–H groups in total. The molecule has 0 bridgehead atoms.